The minimum atomic E-state index is -0.390. The Kier molecular flexibility index (Phi) is 5.11. The number of hydrogen-bond acceptors (Lipinski definition) is 3. The van der Waals surface area contributed by atoms with Crippen molar-refractivity contribution < 1.29 is 14.3 Å². The summed E-state index contributed by atoms with van der Waals surface area (Å²) < 4.78 is 6.61. The summed E-state index contributed by atoms with van der Waals surface area (Å²) in [6.45, 7) is 2.07. The van der Waals surface area contributed by atoms with Crippen LogP contribution >= 0.6 is 15.9 Å². The average molecular weight is 348 g/mol. The maximum Gasteiger partial charge on any atom is 0.338 e. The van der Waals surface area contributed by atoms with Crippen molar-refractivity contribution in [3.05, 3.63) is 69.3 Å². The second kappa shape index (κ2) is 7.04. The van der Waals surface area contributed by atoms with Crippen LogP contribution < -0.4 is 0 Å². The molecule has 0 radical (unpaired) electrons. The van der Waals surface area contributed by atoms with Gasteiger partial charge in [0.15, 0.2) is 6.21 Å². The minimum Gasteiger partial charge on any atom is -0.618 e. The first-order chi connectivity index (χ1) is 10.1. The summed E-state index contributed by atoms with van der Waals surface area (Å²) in [7, 11) is 0. The Balaban J connectivity index is 2.17. The van der Waals surface area contributed by atoms with E-state index in [1.807, 2.05) is 24.3 Å². The molecule has 0 heterocycles. The Bertz CT molecular complexity index is 648. The molecule has 0 aromatic heterocycles. The number of nitrogens with zero attached hydrogens (tertiary/aromatic N) is 1. The lowest BCUT2D eigenvalue weighted by atomic mass is 10.2. The van der Waals surface area contributed by atoms with E-state index in [2.05, 4.69) is 15.9 Å². The van der Waals surface area contributed by atoms with E-state index in [4.69, 9.17) is 4.74 Å². The van der Waals surface area contributed by atoms with Gasteiger partial charge in [0, 0.05) is 22.2 Å². The molecule has 2 rings (SSSR count). The molecule has 108 valence electrons. The fraction of sp³-hybridized carbons (Fsp3) is 0.125. The summed E-state index contributed by atoms with van der Waals surface area (Å²) in [4.78, 5) is 11.5. The number of carbonyl (C=O) groups is 1. The van der Waals surface area contributed by atoms with Crippen LogP contribution in [-0.2, 0) is 4.74 Å². The summed E-state index contributed by atoms with van der Waals surface area (Å²) in [5, 5.41) is 12.0. The Hall–Kier alpha value is -2.14. The van der Waals surface area contributed by atoms with Gasteiger partial charge >= 0.3 is 5.97 Å². The van der Waals surface area contributed by atoms with E-state index in [1.54, 1.807) is 31.2 Å². The molecule has 0 saturated carbocycles. The molecule has 0 atom stereocenters. The van der Waals surface area contributed by atoms with Crippen LogP contribution in [0.5, 0.6) is 0 Å². The van der Waals surface area contributed by atoms with Gasteiger partial charge in [-0.05, 0) is 43.3 Å². The lowest BCUT2D eigenvalue weighted by molar-refractivity contribution is -0.354. The molecule has 21 heavy (non-hydrogen) atoms. The Morgan fingerprint density at radius 1 is 1.19 bits per heavy atom. The zero-order valence-electron chi connectivity index (χ0n) is 11.5. The highest BCUT2D eigenvalue weighted by Crippen LogP contribution is 2.14. The quantitative estimate of drug-likeness (QED) is 0.277. The molecule has 2 aromatic rings. The third kappa shape index (κ3) is 4.16. The molecule has 0 aliphatic heterocycles. The fourth-order valence-corrected chi connectivity index (χ4v) is 1.98. The van der Waals surface area contributed by atoms with Crippen LogP contribution in [0.15, 0.2) is 53.0 Å². The predicted molar refractivity (Wildman–Crippen MR) is 85.0 cm³/mol. The van der Waals surface area contributed by atoms with Crippen LogP contribution in [0, 0.1) is 5.21 Å². The average Bonchev–Trinajstić information content (AvgIpc) is 2.50. The standard InChI is InChI=1S/C16H14BrNO3/c1-2-21-16(19)13-5-9-15(10-6-13)18(20)11-12-3-7-14(17)8-4-12/h3-11H,2H2,1H3/b18-11-. The van der Waals surface area contributed by atoms with Gasteiger partial charge in [-0.1, -0.05) is 15.9 Å². The topological polar surface area (TPSA) is 52.4 Å². The van der Waals surface area contributed by atoms with Crippen LogP contribution in [0.25, 0.3) is 0 Å². The van der Waals surface area contributed by atoms with Crippen LogP contribution in [0.3, 0.4) is 0 Å². The Morgan fingerprint density at radius 3 is 2.38 bits per heavy atom. The molecule has 2 aromatic carbocycles. The number of ether oxygens (including phenoxy) is 1. The number of esters is 1. The SMILES string of the molecule is CCOC(=O)c1ccc(/[N+]([O-])=C/c2ccc(Br)cc2)cc1. The molecule has 0 aliphatic carbocycles. The summed E-state index contributed by atoms with van der Waals surface area (Å²) in [6.07, 6.45) is 1.48. The van der Waals surface area contributed by atoms with Crippen LogP contribution in [0.2, 0.25) is 0 Å². The van der Waals surface area contributed by atoms with Gasteiger partial charge in [0.05, 0.1) is 12.2 Å². The summed E-state index contributed by atoms with van der Waals surface area (Å²) in [5.41, 5.74) is 1.67. The summed E-state index contributed by atoms with van der Waals surface area (Å²) in [5.74, 6) is -0.390. The highest BCUT2D eigenvalue weighted by atomic mass is 79.9. The van der Waals surface area contributed by atoms with Crippen molar-refractivity contribution in [2.45, 2.75) is 6.92 Å². The normalized spacial score (nSPS) is 11.2. The number of carbonyl (C=O) groups excluding carboxylic acids is 1. The van der Waals surface area contributed by atoms with E-state index in [0.717, 1.165) is 14.8 Å². The minimum absolute atomic E-state index is 0.325. The van der Waals surface area contributed by atoms with Gasteiger partial charge in [-0.3, -0.25) is 0 Å². The molecule has 4 nitrogen and oxygen atoms in total. The van der Waals surface area contributed by atoms with Gasteiger partial charge in [-0.2, -0.15) is 4.74 Å². The van der Waals surface area contributed by atoms with Crippen molar-refractivity contribution in [1.82, 2.24) is 0 Å². The van der Waals surface area contributed by atoms with Crippen molar-refractivity contribution in [2.24, 2.45) is 0 Å². The van der Waals surface area contributed by atoms with Gasteiger partial charge in [-0.15, -0.1) is 0 Å². The largest absolute Gasteiger partial charge is 0.618 e. The molecular weight excluding hydrogens is 334 g/mol. The van der Waals surface area contributed by atoms with Crippen molar-refractivity contribution in [2.75, 3.05) is 6.61 Å². The monoisotopic (exact) mass is 347 g/mol. The summed E-state index contributed by atoms with van der Waals surface area (Å²) >= 11 is 3.34. The molecular formula is C16H14BrNO3. The lowest BCUT2D eigenvalue weighted by Gasteiger charge is -2.05. The molecule has 0 aliphatic rings. The number of rotatable bonds is 4. The third-order valence-corrected chi connectivity index (χ3v) is 3.30. The summed E-state index contributed by atoms with van der Waals surface area (Å²) in [6, 6.07) is 13.7. The van der Waals surface area contributed by atoms with Gasteiger partial charge in [0.1, 0.15) is 0 Å². The lowest BCUT2D eigenvalue weighted by Crippen LogP contribution is -2.05. The Morgan fingerprint density at radius 2 is 1.81 bits per heavy atom. The molecule has 0 fully saturated rings. The predicted octanol–water partition coefficient (Wildman–Crippen LogP) is 3.89. The number of benzene rings is 2. The van der Waals surface area contributed by atoms with Crippen LogP contribution in [0.1, 0.15) is 22.8 Å². The van der Waals surface area contributed by atoms with E-state index in [9.17, 15) is 10.0 Å². The molecule has 0 N–H and O–H groups in total. The second-order valence-electron chi connectivity index (χ2n) is 4.27. The molecule has 0 unspecified atom stereocenters. The van der Waals surface area contributed by atoms with Crippen molar-refractivity contribution in [3.63, 3.8) is 0 Å². The van der Waals surface area contributed by atoms with Crippen molar-refractivity contribution in [1.29, 1.82) is 0 Å². The van der Waals surface area contributed by atoms with E-state index in [0.29, 0.717) is 17.9 Å². The van der Waals surface area contributed by atoms with E-state index in [-0.39, 0.29) is 0 Å². The van der Waals surface area contributed by atoms with Gasteiger partial charge in [0.25, 0.3) is 0 Å². The van der Waals surface area contributed by atoms with E-state index < -0.39 is 5.97 Å². The first kappa shape index (κ1) is 15.3. The van der Waals surface area contributed by atoms with E-state index >= 15 is 0 Å². The second-order valence-corrected chi connectivity index (χ2v) is 5.19. The zero-order valence-corrected chi connectivity index (χ0v) is 13.0. The van der Waals surface area contributed by atoms with Gasteiger partial charge in [0.2, 0.25) is 5.69 Å². The number of hydrogen-bond donors (Lipinski definition) is 0. The zero-order chi connectivity index (χ0) is 15.2. The van der Waals surface area contributed by atoms with Gasteiger partial charge in [-0.25, -0.2) is 4.79 Å². The molecule has 0 bridgehead atoms. The highest BCUT2D eigenvalue weighted by molar-refractivity contribution is 9.10. The van der Waals surface area contributed by atoms with Gasteiger partial charge < -0.3 is 9.94 Å². The number of halogens is 1. The fourth-order valence-electron chi connectivity index (χ4n) is 1.72. The molecule has 5 heteroatoms. The van der Waals surface area contributed by atoms with Crippen molar-refractivity contribution >= 4 is 33.8 Å². The smallest absolute Gasteiger partial charge is 0.338 e. The van der Waals surface area contributed by atoms with Crippen LogP contribution in [0.4, 0.5) is 5.69 Å². The first-order valence-corrected chi connectivity index (χ1v) is 7.23. The molecule has 0 spiro atoms. The third-order valence-electron chi connectivity index (χ3n) is 2.77. The first-order valence-electron chi connectivity index (χ1n) is 6.44. The molecule has 0 amide bonds. The van der Waals surface area contributed by atoms with Crippen LogP contribution in [-0.4, -0.2) is 23.5 Å². The van der Waals surface area contributed by atoms with E-state index in [1.165, 1.54) is 6.21 Å². The maximum absolute atomic E-state index is 12.0. The molecule has 0 saturated heterocycles. The highest BCUT2D eigenvalue weighted by Gasteiger charge is 2.08. The maximum atomic E-state index is 12.0. The Labute approximate surface area is 131 Å². The van der Waals surface area contributed by atoms with Crippen molar-refractivity contribution in [3.8, 4) is 0 Å².